The van der Waals surface area contributed by atoms with Gasteiger partial charge in [-0.2, -0.15) is 0 Å². The smallest absolute Gasteiger partial charge is 0.265 e. The van der Waals surface area contributed by atoms with Gasteiger partial charge in [0.05, 0.1) is 5.69 Å². The molecule has 0 atom stereocenters. The summed E-state index contributed by atoms with van der Waals surface area (Å²) in [5.74, 6) is 0.470. The van der Waals surface area contributed by atoms with Gasteiger partial charge in [-0.15, -0.1) is 0 Å². The Hall–Kier alpha value is -3.12. The van der Waals surface area contributed by atoms with Crippen molar-refractivity contribution < 1.29 is 14.3 Å². The van der Waals surface area contributed by atoms with Crippen LogP contribution >= 0.6 is 0 Å². The summed E-state index contributed by atoms with van der Waals surface area (Å²) in [5, 5.41) is 0. The second kappa shape index (κ2) is 9.13. The molecule has 0 unspecified atom stereocenters. The molecule has 0 saturated carbocycles. The highest BCUT2D eigenvalue weighted by Gasteiger charge is 2.30. The molecule has 6 heteroatoms. The van der Waals surface area contributed by atoms with Crippen LogP contribution in [0.4, 0.5) is 5.69 Å². The second-order valence-electron chi connectivity index (χ2n) is 7.73. The molecule has 2 heterocycles. The minimum Gasteiger partial charge on any atom is -0.482 e. The summed E-state index contributed by atoms with van der Waals surface area (Å²) in [7, 11) is 0. The number of hydrogen-bond acceptors (Lipinski definition) is 4. The number of rotatable bonds is 5. The lowest BCUT2D eigenvalue weighted by atomic mass is 10.1. The highest BCUT2D eigenvalue weighted by atomic mass is 16.5. The maximum atomic E-state index is 12.9. The van der Waals surface area contributed by atoms with Crippen LogP contribution in [0.25, 0.3) is 6.08 Å². The quantitative estimate of drug-likeness (QED) is 0.767. The first kappa shape index (κ1) is 20.2. The van der Waals surface area contributed by atoms with E-state index in [0.29, 0.717) is 24.5 Å². The van der Waals surface area contributed by atoms with Crippen LogP contribution in [0, 0.1) is 6.92 Å². The van der Waals surface area contributed by atoms with Crippen molar-refractivity contribution in [3.63, 3.8) is 0 Å². The number of carbonyl (C=O) groups is 2. The molecule has 2 amide bonds. The third-order valence-electron chi connectivity index (χ3n) is 5.55. The number of anilines is 1. The van der Waals surface area contributed by atoms with Gasteiger partial charge in [0, 0.05) is 32.7 Å². The zero-order valence-corrected chi connectivity index (χ0v) is 17.3. The van der Waals surface area contributed by atoms with E-state index in [4.69, 9.17) is 4.74 Å². The topological polar surface area (TPSA) is 53.1 Å². The van der Waals surface area contributed by atoms with Gasteiger partial charge in [0.2, 0.25) is 5.91 Å². The van der Waals surface area contributed by atoms with Crippen LogP contribution in [-0.2, 0) is 9.59 Å². The Morgan fingerprint density at radius 3 is 2.60 bits per heavy atom. The molecule has 0 aliphatic carbocycles. The van der Waals surface area contributed by atoms with E-state index >= 15 is 0 Å². The number of fused-ring (bicyclic) bond motifs is 1. The number of carbonyl (C=O) groups excluding carboxylic acids is 2. The molecule has 156 valence electrons. The molecule has 1 fully saturated rings. The molecule has 0 radical (unpaired) electrons. The number of amides is 2. The standard InChI is InChI=1S/C24H27N3O3/c1-19-9-10-21-22(16-19)30-18-24(29)27(21)17-23(28)26-14-12-25(13-15-26)11-5-8-20-6-3-2-4-7-20/h2-10,16H,11-15,17-18H2,1H3/b8-5+. The first-order chi connectivity index (χ1) is 14.6. The molecule has 0 spiro atoms. The summed E-state index contributed by atoms with van der Waals surface area (Å²) in [6.07, 6.45) is 4.29. The first-order valence-corrected chi connectivity index (χ1v) is 10.4. The fraction of sp³-hybridized carbons (Fsp3) is 0.333. The molecule has 4 rings (SSSR count). The SMILES string of the molecule is Cc1ccc2c(c1)OCC(=O)N2CC(=O)N1CCN(C/C=C/c2ccccc2)CC1. The summed E-state index contributed by atoms with van der Waals surface area (Å²) < 4.78 is 5.53. The molecule has 2 aliphatic heterocycles. The van der Waals surface area contributed by atoms with Crippen molar-refractivity contribution in [2.75, 3.05) is 50.8 Å². The Morgan fingerprint density at radius 2 is 1.83 bits per heavy atom. The predicted octanol–water partition coefficient (Wildman–Crippen LogP) is 2.58. The van der Waals surface area contributed by atoms with E-state index in [1.807, 2.05) is 48.2 Å². The van der Waals surface area contributed by atoms with E-state index in [2.05, 4.69) is 29.2 Å². The summed E-state index contributed by atoms with van der Waals surface area (Å²) >= 11 is 0. The van der Waals surface area contributed by atoms with Crippen LogP contribution in [-0.4, -0.2) is 67.5 Å². The van der Waals surface area contributed by atoms with Crippen LogP contribution in [0.3, 0.4) is 0 Å². The molecule has 0 N–H and O–H groups in total. The third kappa shape index (κ3) is 4.71. The van der Waals surface area contributed by atoms with Crippen LogP contribution in [0.1, 0.15) is 11.1 Å². The fourth-order valence-electron chi connectivity index (χ4n) is 3.80. The van der Waals surface area contributed by atoms with Gasteiger partial charge in [-0.25, -0.2) is 0 Å². The molecule has 0 bridgehead atoms. The molecule has 2 aromatic carbocycles. The average Bonchev–Trinajstić information content (AvgIpc) is 2.77. The highest BCUT2D eigenvalue weighted by molar-refractivity contribution is 6.02. The number of piperazine rings is 1. The Kier molecular flexibility index (Phi) is 6.14. The number of hydrogen-bond donors (Lipinski definition) is 0. The fourth-order valence-corrected chi connectivity index (χ4v) is 3.80. The van der Waals surface area contributed by atoms with E-state index in [0.717, 1.165) is 25.2 Å². The Balaban J connectivity index is 1.30. The highest BCUT2D eigenvalue weighted by Crippen LogP contribution is 2.32. The number of ether oxygens (including phenoxy) is 1. The molecular weight excluding hydrogens is 378 g/mol. The van der Waals surface area contributed by atoms with E-state index in [-0.39, 0.29) is 25.0 Å². The van der Waals surface area contributed by atoms with Gasteiger partial charge in [-0.3, -0.25) is 19.4 Å². The van der Waals surface area contributed by atoms with Crippen molar-refractivity contribution in [3.05, 3.63) is 65.7 Å². The lowest BCUT2D eigenvalue weighted by Crippen LogP contribution is -2.52. The normalized spacial score (nSPS) is 17.2. The van der Waals surface area contributed by atoms with Gasteiger partial charge in [0.15, 0.2) is 6.61 Å². The zero-order valence-electron chi connectivity index (χ0n) is 17.3. The maximum absolute atomic E-state index is 12.9. The minimum absolute atomic E-state index is 0.0174. The largest absolute Gasteiger partial charge is 0.482 e. The van der Waals surface area contributed by atoms with Gasteiger partial charge in [-0.1, -0.05) is 48.6 Å². The minimum atomic E-state index is -0.176. The third-order valence-corrected chi connectivity index (χ3v) is 5.55. The van der Waals surface area contributed by atoms with Crippen molar-refractivity contribution >= 4 is 23.6 Å². The lowest BCUT2D eigenvalue weighted by molar-refractivity contribution is -0.133. The van der Waals surface area contributed by atoms with Gasteiger partial charge < -0.3 is 9.64 Å². The maximum Gasteiger partial charge on any atom is 0.265 e. The average molecular weight is 405 g/mol. The van der Waals surface area contributed by atoms with Crippen LogP contribution < -0.4 is 9.64 Å². The molecule has 2 aliphatic rings. The summed E-state index contributed by atoms with van der Waals surface area (Å²) in [5.41, 5.74) is 2.93. The lowest BCUT2D eigenvalue weighted by Gasteiger charge is -2.36. The van der Waals surface area contributed by atoms with Crippen molar-refractivity contribution in [2.24, 2.45) is 0 Å². The van der Waals surface area contributed by atoms with Gasteiger partial charge in [-0.05, 0) is 30.2 Å². The van der Waals surface area contributed by atoms with Crippen molar-refractivity contribution in [1.29, 1.82) is 0 Å². The van der Waals surface area contributed by atoms with Gasteiger partial charge >= 0.3 is 0 Å². The van der Waals surface area contributed by atoms with E-state index in [1.54, 1.807) is 4.90 Å². The first-order valence-electron chi connectivity index (χ1n) is 10.4. The van der Waals surface area contributed by atoms with E-state index in [1.165, 1.54) is 5.56 Å². The van der Waals surface area contributed by atoms with E-state index < -0.39 is 0 Å². The molecule has 6 nitrogen and oxygen atoms in total. The molecule has 0 aromatic heterocycles. The van der Waals surface area contributed by atoms with Gasteiger partial charge in [0.1, 0.15) is 12.3 Å². The molecule has 2 aromatic rings. The zero-order chi connectivity index (χ0) is 20.9. The molecule has 30 heavy (non-hydrogen) atoms. The van der Waals surface area contributed by atoms with Crippen molar-refractivity contribution in [3.8, 4) is 5.75 Å². The van der Waals surface area contributed by atoms with Crippen molar-refractivity contribution in [2.45, 2.75) is 6.92 Å². The summed E-state index contributed by atoms with van der Waals surface area (Å²) in [4.78, 5) is 31.0. The Morgan fingerprint density at radius 1 is 1.07 bits per heavy atom. The second-order valence-corrected chi connectivity index (χ2v) is 7.73. The number of nitrogens with zero attached hydrogens (tertiary/aromatic N) is 3. The molecule has 1 saturated heterocycles. The predicted molar refractivity (Wildman–Crippen MR) is 118 cm³/mol. The van der Waals surface area contributed by atoms with E-state index in [9.17, 15) is 9.59 Å². The van der Waals surface area contributed by atoms with Gasteiger partial charge in [0.25, 0.3) is 5.91 Å². The van der Waals surface area contributed by atoms with Crippen LogP contribution in [0.5, 0.6) is 5.75 Å². The monoisotopic (exact) mass is 405 g/mol. The number of benzene rings is 2. The summed E-state index contributed by atoms with van der Waals surface area (Å²) in [6.45, 7) is 5.90. The number of aryl methyl sites for hydroxylation is 1. The Labute approximate surface area is 177 Å². The Bertz CT molecular complexity index is 934. The van der Waals surface area contributed by atoms with Crippen molar-refractivity contribution in [1.82, 2.24) is 9.80 Å². The summed E-state index contributed by atoms with van der Waals surface area (Å²) in [6, 6.07) is 15.9. The van der Waals surface area contributed by atoms with Crippen LogP contribution in [0.15, 0.2) is 54.6 Å². The van der Waals surface area contributed by atoms with Crippen LogP contribution in [0.2, 0.25) is 0 Å². The molecular formula is C24H27N3O3.